The molecule has 2 unspecified atom stereocenters. The van der Waals surface area contributed by atoms with Gasteiger partial charge in [-0.15, -0.1) is 0 Å². The van der Waals surface area contributed by atoms with Gasteiger partial charge in [0.15, 0.2) is 0 Å². The third kappa shape index (κ3) is 1.20. The van der Waals surface area contributed by atoms with Crippen LogP contribution < -0.4 is 5.73 Å². The van der Waals surface area contributed by atoms with Crippen molar-refractivity contribution < 1.29 is 4.74 Å². The fourth-order valence-electron chi connectivity index (χ4n) is 1.02. The number of ether oxygens (including phenoxy) is 1. The maximum atomic E-state index is 5.40. The van der Waals surface area contributed by atoms with Gasteiger partial charge in [-0.2, -0.15) is 0 Å². The summed E-state index contributed by atoms with van der Waals surface area (Å²) >= 11 is 0. The molecule has 48 valence electrons. The van der Waals surface area contributed by atoms with Crippen LogP contribution in [0.2, 0.25) is 0 Å². The minimum absolute atomic E-state index is 0.773. The lowest BCUT2D eigenvalue weighted by atomic mass is 10.3. The molecule has 0 saturated heterocycles. The first-order valence-electron chi connectivity index (χ1n) is 3.07. The number of hydrogen-bond donors (Lipinski definition) is 1. The third-order valence-electron chi connectivity index (χ3n) is 1.75. The molecule has 0 aromatic rings. The molecule has 0 aromatic carbocycles. The Hall–Kier alpha value is -0.0800. The zero-order valence-electron chi connectivity index (χ0n) is 5.26. The summed E-state index contributed by atoms with van der Waals surface area (Å²) in [7, 11) is 1.74. The van der Waals surface area contributed by atoms with Crippen molar-refractivity contribution in [2.45, 2.75) is 6.42 Å². The molecule has 0 aromatic heterocycles. The van der Waals surface area contributed by atoms with Crippen LogP contribution in [-0.2, 0) is 4.74 Å². The van der Waals surface area contributed by atoms with Gasteiger partial charge in [0, 0.05) is 13.7 Å². The zero-order valence-corrected chi connectivity index (χ0v) is 5.26. The van der Waals surface area contributed by atoms with E-state index in [-0.39, 0.29) is 0 Å². The summed E-state index contributed by atoms with van der Waals surface area (Å²) in [5.74, 6) is 1.56. The van der Waals surface area contributed by atoms with Gasteiger partial charge in [-0.25, -0.2) is 0 Å². The summed E-state index contributed by atoms with van der Waals surface area (Å²) in [6, 6.07) is 0. The maximum absolute atomic E-state index is 5.40. The highest BCUT2D eigenvalue weighted by molar-refractivity contribution is 4.86. The van der Waals surface area contributed by atoms with Crippen LogP contribution in [0.4, 0.5) is 0 Å². The van der Waals surface area contributed by atoms with Crippen molar-refractivity contribution in [1.82, 2.24) is 0 Å². The molecule has 0 heterocycles. The normalized spacial score (nSPS) is 35.2. The third-order valence-corrected chi connectivity index (χ3v) is 1.75. The standard InChI is InChI=1S/C6H13NO/c1-8-4-6-2-5(6)3-7/h5-6H,2-4,7H2,1H3. The molecule has 8 heavy (non-hydrogen) atoms. The van der Waals surface area contributed by atoms with Gasteiger partial charge in [0.05, 0.1) is 0 Å². The average molecular weight is 115 g/mol. The van der Waals surface area contributed by atoms with E-state index in [1.54, 1.807) is 7.11 Å². The molecule has 0 spiro atoms. The Balaban J connectivity index is 1.99. The molecule has 1 rings (SSSR count). The second-order valence-electron chi connectivity index (χ2n) is 2.45. The average Bonchev–Trinajstić information content (AvgIpc) is 2.48. The lowest BCUT2D eigenvalue weighted by molar-refractivity contribution is 0.181. The topological polar surface area (TPSA) is 35.2 Å². The molecule has 0 bridgehead atoms. The molecule has 1 fully saturated rings. The first kappa shape index (κ1) is 6.05. The monoisotopic (exact) mass is 115 g/mol. The van der Waals surface area contributed by atoms with Crippen LogP contribution in [0, 0.1) is 11.8 Å². The van der Waals surface area contributed by atoms with Crippen LogP contribution in [0.15, 0.2) is 0 Å². The molecule has 2 heteroatoms. The molecule has 2 nitrogen and oxygen atoms in total. The number of nitrogens with two attached hydrogens (primary N) is 1. The van der Waals surface area contributed by atoms with E-state index in [0.717, 1.165) is 25.0 Å². The van der Waals surface area contributed by atoms with Gasteiger partial charge in [0.25, 0.3) is 0 Å². The van der Waals surface area contributed by atoms with Crippen molar-refractivity contribution >= 4 is 0 Å². The molecule has 0 amide bonds. The van der Waals surface area contributed by atoms with Gasteiger partial charge in [-0.1, -0.05) is 0 Å². The van der Waals surface area contributed by atoms with Gasteiger partial charge in [0.2, 0.25) is 0 Å². The molecular weight excluding hydrogens is 102 g/mol. The first-order chi connectivity index (χ1) is 3.88. The van der Waals surface area contributed by atoms with E-state index >= 15 is 0 Å². The van der Waals surface area contributed by atoms with Crippen LogP contribution in [0.5, 0.6) is 0 Å². The molecule has 1 aliphatic carbocycles. The second-order valence-corrected chi connectivity index (χ2v) is 2.45. The van der Waals surface area contributed by atoms with E-state index in [1.165, 1.54) is 6.42 Å². The lowest BCUT2D eigenvalue weighted by Crippen LogP contribution is -2.04. The van der Waals surface area contributed by atoms with Gasteiger partial charge in [-0.3, -0.25) is 0 Å². The Morgan fingerprint density at radius 1 is 1.62 bits per heavy atom. The highest BCUT2D eigenvalue weighted by atomic mass is 16.5. The Labute approximate surface area is 50.0 Å². The predicted molar refractivity (Wildman–Crippen MR) is 32.5 cm³/mol. The van der Waals surface area contributed by atoms with Crippen LogP contribution in [0.3, 0.4) is 0 Å². The molecular formula is C6H13NO. The van der Waals surface area contributed by atoms with E-state index in [2.05, 4.69) is 0 Å². The number of hydrogen-bond acceptors (Lipinski definition) is 2. The molecule has 0 radical (unpaired) electrons. The first-order valence-corrected chi connectivity index (χ1v) is 3.07. The minimum Gasteiger partial charge on any atom is -0.384 e. The van der Waals surface area contributed by atoms with E-state index in [4.69, 9.17) is 10.5 Å². The molecule has 2 atom stereocenters. The smallest absolute Gasteiger partial charge is 0.0493 e. The van der Waals surface area contributed by atoms with Crippen molar-refractivity contribution in [1.29, 1.82) is 0 Å². The Morgan fingerprint density at radius 3 is 2.75 bits per heavy atom. The largest absolute Gasteiger partial charge is 0.384 e. The SMILES string of the molecule is COCC1CC1CN. The maximum Gasteiger partial charge on any atom is 0.0493 e. The van der Waals surface area contributed by atoms with E-state index in [1.807, 2.05) is 0 Å². The minimum atomic E-state index is 0.773. The van der Waals surface area contributed by atoms with Crippen LogP contribution in [0.1, 0.15) is 6.42 Å². The Morgan fingerprint density at radius 2 is 2.38 bits per heavy atom. The fraction of sp³-hybridized carbons (Fsp3) is 1.00. The van der Waals surface area contributed by atoms with Crippen LogP contribution in [-0.4, -0.2) is 20.3 Å². The van der Waals surface area contributed by atoms with Crippen molar-refractivity contribution in [3.05, 3.63) is 0 Å². The van der Waals surface area contributed by atoms with Crippen molar-refractivity contribution in [3.63, 3.8) is 0 Å². The summed E-state index contributed by atoms with van der Waals surface area (Å²) in [5, 5.41) is 0. The van der Waals surface area contributed by atoms with Gasteiger partial charge < -0.3 is 10.5 Å². The number of methoxy groups -OCH3 is 1. The molecule has 2 N–H and O–H groups in total. The van der Waals surface area contributed by atoms with E-state index in [0.29, 0.717) is 0 Å². The summed E-state index contributed by atoms with van der Waals surface area (Å²) in [4.78, 5) is 0. The number of rotatable bonds is 3. The Kier molecular flexibility index (Phi) is 1.86. The highest BCUT2D eigenvalue weighted by Crippen LogP contribution is 2.36. The second kappa shape index (κ2) is 2.46. The Bertz CT molecular complexity index is 74.9. The lowest BCUT2D eigenvalue weighted by Gasteiger charge is -1.92. The highest BCUT2D eigenvalue weighted by Gasteiger charge is 2.34. The van der Waals surface area contributed by atoms with E-state index in [9.17, 15) is 0 Å². The summed E-state index contributed by atoms with van der Waals surface area (Å²) in [5.41, 5.74) is 5.40. The molecule has 1 saturated carbocycles. The van der Waals surface area contributed by atoms with Gasteiger partial charge in [-0.05, 0) is 24.8 Å². The van der Waals surface area contributed by atoms with Gasteiger partial charge in [0.1, 0.15) is 0 Å². The quantitative estimate of drug-likeness (QED) is 0.571. The van der Waals surface area contributed by atoms with E-state index < -0.39 is 0 Å². The van der Waals surface area contributed by atoms with Crippen molar-refractivity contribution in [2.75, 3.05) is 20.3 Å². The summed E-state index contributed by atoms with van der Waals surface area (Å²) in [6.07, 6.45) is 1.28. The van der Waals surface area contributed by atoms with Crippen molar-refractivity contribution in [3.8, 4) is 0 Å². The fourth-order valence-corrected chi connectivity index (χ4v) is 1.02. The summed E-state index contributed by atoms with van der Waals surface area (Å²) < 4.78 is 4.94. The van der Waals surface area contributed by atoms with Crippen LogP contribution >= 0.6 is 0 Å². The van der Waals surface area contributed by atoms with Gasteiger partial charge >= 0.3 is 0 Å². The summed E-state index contributed by atoms with van der Waals surface area (Å²) in [6.45, 7) is 1.75. The predicted octanol–water partition coefficient (Wildman–Crippen LogP) is 0.228. The van der Waals surface area contributed by atoms with Crippen molar-refractivity contribution in [2.24, 2.45) is 17.6 Å². The van der Waals surface area contributed by atoms with Crippen LogP contribution in [0.25, 0.3) is 0 Å². The molecule has 1 aliphatic rings. The molecule has 0 aliphatic heterocycles. The zero-order chi connectivity index (χ0) is 5.98.